The van der Waals surface area contributed by atoms with Gasteiger partial charge in [-0.3, -0.25) is 4.79 Å². The topological polar surface area (TPSA) is 208 Å². The van der Waals surface area contributed by atoms with Crippen LogP contribution in [0.4, 0.5) is 0 Å². The third-order valence-electron chi connectivity index (χ3n) is 6.89. The van der Waals surface area contributed by atoms with E-state index in [4.69, 9.17) is 40.7 Å². The van der Waals surface area contributed by atoms with Crippen LogP contribution in [0.5, 0.6) is 0 Å². The monoisotopic (exact) mass is 869 g/mol. The summed E-state index contributed by atoms with van der Waals surface area (Å²) in [5, 5.41) is 58.3. The van der Waals surface area contributed by atoms with Crippen LogP contribution in [0.15, 0.2) is 162 Å². The number of carboxylic acids is 2. The fourth-order valence-corrected chi connectivity index (χ4v) is 4.87. The van der Waals surface area contributed by atoms with Crippen molar-refractivity contribution >= 4 is 46.9 Å². The first-order chi connectivity index (χ1) is 26.0. The molecule has 6 aromatic carbocycles. The fraction of sp³-hybridized carbons (Fsp3) is 0.0244. The van der Waals surface area contributed by atoms with Crippen molar-refractivity contribution in [3.05, 3.63) is 173 Å². The molecule has 6 rings (SSSR count). The zero-order valence-electron chi connectivity index (χ0n) is 31.5. The first kappa shape index (κ1) is 52.9. The van der Waals surface area contributed by atoms with Crippen molar-refractivity contribution in [3.63, 3.8) is 0 Å². The van der Waals surface area contributed by atoms with Gasteiger partial charge < -0.3 is 36.9 Å². The minimum atomic E-state index is -1.62. The SMILES string of the molecule is Brc1cccc(-c2ccccc2)c1.N#CCO.O=C(O)c1cccc(-c2cccc(-c3ccccc3)c2)c1.O=C(O)c1cccc(B(O)O)c1.O=CO[O-].[H-].[K+].[K+]. The van der Waals surface area contributed by atoms with Crippen LogP contribution in [-0.4, -0.2) is 57.5 Å². The Hall–Kier alpha value is -3.12. The van der Waals surface area contributed by atoms with E-state index in [0.717, 1.165) is 26.7 Å². The first-order valence-corrected chi connectivity index (χ1v) is 16.5. The van der Waals surface area contributed by atoms with Crippen LogP contribution in [0.25, 0.3) is 33.4 Å². The number of carbonyl (C=O) groups excluding carboxylic acids is 1. The number of aliphatic hydroxyl groups excluding tert-OH is 1. The van der Waals surface area contributed by atoms with Gasteiger partial charge in [0, 0.05) is 4.47 Å². The van der Waals surface area contributed by atoms with Crippen LogP contribution in [0, 0.1) is 11.3 Å². The molecule has 0 fully saturated rings. The maximum Gasteiger partial charge on any atom is 1.00 e. The van der Waals surface area contributed by atoms with E-state index in [-0.39, 0.29) is 128 Å². The minimum Gasteiger partial charge on any atom is -1.00 e. The van der Waals surface area contributed by atoms with Crippen molar-refractivity contribution in [1.29, 1.82) is 5.26 Å². The number of aliphatic hydroxyl groups is 1. The summed E-state index contributed by atoms with van der Waals surface area (Å²) in [7, 11) is -1.62. The van der Waals surface area contributed by atoms with Crippen molar-refractivity contribution in [2.24, 2.45) is 0 Å². The van der Waals surface area contributed by atoms with Crippen molar-refractivity contribution < 1.29 is 154 Å². The summed E-state index contributed by atoms with van der Waals surface area (Å²) >= 11 is 3.46. The molecule has 0 aliphatic rings. The number of nitrogens with zero attached hydrogens (tertiary/aromatic N) is 1. The maximum absolute atomic E-state index is 11.1. The molecule has 0 bridgehead atoms. The molecule has 11 nitrogen and oxygen atoms in total. The van der Waals surface area contributed by atoms with Gasteiger partial charge in [-0.2, -0.15) is 5.26 Å². The number of rotatable bonds is 7. The third kappa shape index (κ3) is 20.3. The van der Waals surface area contributed by atoms with Crippen LogP contribution in [0.2, 0.25) is 0 Å². The van der Waals surface area contributed by atoms with Crippen LogP contribution in [0.3, 0.4) is 0 Å². The smallest absolute Gasteiger partial charge is 1.00 e. The molecule has 0 atom stereocenters. The van der Waals surface area contributed by atoms with E-state index in [1.807, 2.05) is 54.6 Å². The fourth-order valence-electron chi connectivity index (χ4n) is 4.47. The summed E-state index contributed by atoms with van der Waals surface area (Å²) in [5.74, 6) is -1.99. The van der Waals surface area contributed by atoms with Gasteiger partial charge in [-0.25, -0.2) is 9.59 Å². The molecule has 0 amide bonds. The number of hydrogen-bond donors (Lipinski definition) is 5. The Morgan fingerprint density at radius 2 is 1.00 bits per heavy atom. The molecule has 15 heteroatoms. The summed E-state index contributed by atoms with van der Waals surface area (Å²) in [6.45, 7) is -0.556. The second-order valence-electron chi connectivity index (χ2n) is 10.5. The van der Waals surface area contributed by atoms with Gasteiger partial charge in [-0.1, -0.05) is 131 Å². The molecular weight excluding hydrogens is 835 g/mol. The predicted octanol–water partition coefficient (Wildman–Crippen LogP) is -0.0430. The van der Waals surface area contributed by atoms with E-state index in [9.17, 15) is 9.59 Å². The minimum absolute atomic E-state index is 0. The van der Waals surface area contributed by atoms with Gasteiger partial charge >= 0.3 is 122 Å². The number of aromatic carboxylic acids is 2. The second kappa shape index (κ2) is 30.9. The number of carbonyl (C=O) groups is 3. The van der Waals surface area contributed by atoms with E-state index < -0.39 is 19.1 Å². The van der Waals surface area contributed by atoms with Crippen molar-refractivity contribution in [3.8, 4) is 39.4 Å². The summed E-state index contributed by atoms with van der Waals surface area (Å²) in [4.78, 5) is 32.7. The predicted molar refractivity (Wildman–Crippen MR) is 208 cm³/mol. The number of nitriles is 1. The second-order valence-corrected chi connectivity index (χ2v) is 11.4. The maximum atomic E-state index is 11.1. The number of halogens is 1. The number of benzene rings is 6. The van der Waals surface area contributed by atoms with E-state index >= 15 is 0 Å². The number of hydrogen-bond acceptors (Lipinski definition) is 9. The quantitative estimate of drug-likeness (QED) is 0.0473. The van der Waals surface area contributed by atoms with Crippen molar-refractivity contribution in [1.82, 2.24) is 0 Å². The van der Waals surface area contributed by atoms with E-state index in [1.54, 1.807) is 18.2 Å². The van der Waals surface area contributed by atoms with Gasteiger partial charge in [-0.05, 0) is 81.3 Å². The van der Waals surface area contributed by atoms with E-state index in [1.165, 1.54) is 41.5 Å². The third-order valence-corrected chi connectivity index (χ3v) is 7.38. The Morgan fingerprint density at radius 1 is 0.643 bits per heavy atom. The summed E-state index contributed by atoms with van der Waals surface area (Å²) in [6, 6.07) is 50.9. The van der Waals surface area contributed by atoms with Gasteiger partial charge in [0.05, 0.1) is 17.2 Å². The largest absolute Gasteiger partial charge is 1.00 e. The van der Waals surface area contributed by atoms with Gasteiger partial charge in [0.25, 0.3) is 6.47 Å². The van der Waals surface area contributed by atoms with E-state index in [2.05, 4.69) is 81.5 Å². The van der Waals surface area contributed by atoms with E-state index in [0.29, 0.717) is 5.56 Å². The summed E-state index contributed by atoms with van der Waals surface area (Å²) in [5.41, 5.74) is 7.21. The van der Waals surface area contributed by atoms with Gasteiger partial charge in [0.15, 0.2) is 0 Å². The van der Waals surface area contributed by atoms with Gasteiger partial charge in [-0.15, -0.1) is 0 Å². The Balaban J connectivity index is 0. The molecule has 0 aliphatic heterocycles. The molecule has 5 N–H and O–H groups in total. The molecule has 0 heterocycles. The molecule has 56 heavy (non-hydrogen) atoms. The summed E-state index contributed by atoms with van der Waals surface area (Å²) < 4.78 is 1.12. The zero-order valence-corrected chi connectivity index (χ0v) is 38.3. The summed E-state index contributed by atoms with van der Waals surface area (Å²) in [6.07, 6.45) is 0. The zero-order chi connectivity index (χ0) is 39.7. The van der Waals surface area contributed by atoms with Crippen LogP contribution in [-0.2, 0) is 9.68 Å². The molecule has 0 saturated carbocycles. The molecule has 0 spiro atoms. The standard InChI is InChI=1S/C19H14O2.C12H9Br.C7H7BO4.C2H3NO.CH2O3.2K.H/c20-19(21)18-11-5-10-17(13-18)16-9-4-8-15(12-16)14-6-2-1-3-7-14;13-12-8-4-7-11(9-12)10-5-2-1-3-6-10;9-7(10)5-2-1-3-6(4-5)8(11)12;3-1-2-4;2-1-4-3;;;/h1-13H,(H,20,21);1-9H;1-4,11-12H,(H,9,10);4H,2H2;1,3H;;;/q;;;;;2*+1;-1/p-1. The van der Waals surface area contributed by atoms with Crippen molar-refractivity contribution in [2.45, 2.75) is 0 Å². The van der Waals surface area contributed by atoms with Gasteiger partial charge in [0.2, 0.25) is 0 Å². The average Bonchev–Trinajstić information content (AvgIpc) is 3.22. The Labute approximate surface area is 419 Å². The first-order valence-electron chi connectivity index (χ1n) is 15.7. The Morgan fingerprint density at radius 3 is 1.41 bits per heavy atom. The van der Waals surface area contributed by atoms with Crippen molar-refractivity contribution in [2.75, 3.05) is 6.61 Å². The normalized spacial score (nSPS) is 8.93. The van der Waals surface area contributed by atoms with Crippen LogP contribution < -0.4 is 113 Å². The molecule has 0 aromatic heterocycles. The van der Waals surface area contributed by atoms with Crippen LogP contribution >= 0.6 is 15.9 Å². The molecule has 0 unspecified atom stereocenters. The molecule has 276 valence electrons. The Kier molecular flexibility index (Phi) is 29.2. The molecule has 0 saturated heterocycles. The average molecular weight is 871 g/mol. The molecular formula is C41H35BBrK2NO10. The molecule has 0 radical (unpaired) electrons. The molecule has 6 aromatic rings. The van der Waals surface area contributed by atoms with Gasteiger partial charge in [0.1, 0.15) is 6.61 Å². The van der Waals surface area contributed by atoms with Crippen LogP contribution in [0.1, 0.15) is 22.1 Å². The number of carboxylic acid groups (broad SMARTS) is 2. The molecule has 0 aliphatic carbocycles. The Bertz CT molecular complexity index is 2110.